The Morgan fingerprint density at radius 2 is 1.77 bits per heavy atom. The lowest BCUT2D eigenvalue weighted by molar-refractivity contribution is -0.115. The van der Waals surface area contributed by atoms with Crippen molar-refractivity contribution < 1.29 is 9.59 Å². The normalized spacial score (nSPS) is 15.3. The van der Waals surface area contributed by atoms with Crippen LogP contribution in [0.5, 0.6) is 0 Å². The maximum Gasteiger partial charge on any atom is 0.255 e. The predicted octanol–water partition coefficient (Wildman–Crippen LogP) is 4.93. The Hall–Kier alpha value is -2.84. The molecule has 2 amide bonds. The highest BCUT2D eigenvalue weighted by molar-refractivity contribution is 8.01. The van der Waals surface area contributed by atoms with Crippen LogP contribution in [0.4, 0.5) is 11.4 Å². The van der Waals surface area contributed by atoms with Crippen LogP contribution in [0.1, 0.15) is 28.7 Å². The highest BCUT2D eigenvalue weighted by Crippen LogP contribution is 2.36. The number of hydrogen-bond acceptors (Lipinski definition) is 6. The van der Waals surface area contributed by atoms with E-state index in [-0.39, 0.29) is 17.1 Å². The van der Waals surface area contributed by atoms with Crippen molar-refractivity contribution in [1.82, 2.24) is 9.97 Å². The van der Waals surface area contributed by atoms with Crippen LogP contribution in [0.3, 0.4) is 0 Å². The lowest BCUT2D eigenvalue weighted by Crippen LogP contribution is -2.26. The number of aryl methyl sites for hydroxylation is 2. The minimum absolute atomic E-state index is 0.0501. The first-order valence-corrected chi connectivity index (χ1v) is 11.1. The molecule has 0 fully saturated rings. The molecule has 1 aliphatic rings. The summed E-state index contributed by atoms with van der Waals surface area (Å²) >= 11 is 2.97. The number of fused-ring (bicyclic) bond motifs is 1. The summed E-state index contributed by atoms with van der Waals surface area (Å²) in [6.07, 6.45) is 0. The predicted molar refractivity (Wildman–Crippen MR) is 120 cm³/mol. The maximum atomic E-state index is 12.6. The Labute approximate surface area is 183 Å². The molecule has 30 heavy (non-hydrogen) atoms. The van der Waals surface area contributed by atoms with Gasteiger partial charge in [-0.3, -0.25) is 9.59 Å². The topological polar surface area (TPSA) is 84.0 Å². The molecule has 0 saturated carbocycles. The van der Waals surface area contributed by atoms with Crippen molar-refractivity contribution in [2.75, 3.05) is 10.6 Å². The van der Waals surface area contributed by atoms with Gasteiger partial charge in [-0.15, -0.1) is 11.8 Å². The number of thioether (sulfide) groups is 1. The zero-order chi connectivity index (χ0) is 21.3. The summed E-state index contributed by atoms with van der Waals surface area (Å²) in [6.45, 7) is 5.75. The van der Waals surface area contributed by atoms with Crippen LogP contribution in [-0.2, 0) is 4.79 Å². The highest BCUT2D eigenvalue weighted by atomic mass is 32.2. The van der Waals surface area contributed by atoms with Crippen LogP contribution in [0.25, 0.3) is 0 Å². The second-order valence-electron chi connectivity index (χ2n) is 6.97. The molecule has 0 aliphatic carbocycles. The lowest BCUT2D eigenvalue weighted by Gasteiger charge is -2.21. The minimum Gasteiger partial charge on any atom is -0.324 e. The maximum absolute atomic E-state index is 12.6. The number of rotatable bonds is 4. The summed E-state index contributed by atoms with van der Waals surface area (Å²) in [5.41, 5.74) is 3.73. The molecule has 1 atom stereocenters. The van der Waals surface area contributed by atoms with Gasteiger partial charge in [-0.25, -0.2) is 9.97 Å². The third-order valence-electron chi connectivity index (χ3n) is 4.46. The summed E-state index contributed by atoms with van der Waals surface area (Å²) in [6, 6.07) is 14.8. The molecule has 3 aromatic rings. The van der Waals surface area contributed by atoms with Crippen molar-refractivity contribution in [1.29, 1.82) is 0 Å². The Morgan fingerprint density at radius 3 is 2.47 bits per heavy atom. The average Bonchev–Trinajstić information content (AvgIpc) is 2.69. The molecule has 2 aromatic carbocycles. The van der Waals surface area contributed by atoms with Gasteiger partial charge in [0.15, 0.2) is 5.16 Å². The first-order valence-electron chi connectivity index (χ1n) is 9.40. The third-order valence-corrected chi connectivity index (χ3v) is 6.51. The fraction of sp³-hybridized carbons (Fsp3) is 0.182. The van der Waals surface area contributed by atoms with Crippen LogP contribution in [0.2, 0.25) is 0 Å². The summed E-state index contributed by atoms with van der Waals surface area (Å²) in [5.74, 6) is -0.278. The van der Waals surface area contributed by atoms with Gasteiger partial charge >= 0.3 is 0 Å². The van der Waals surface area contributed by atoms with E-state index in [9.17, 15) is 9.59 Å². The van der Waals surface area contributed by atoms with E-state index in [0.29, 0.717) is 22.1 Å². The second kappa shape index (κ2) is 8.49. The molecule has 4 rings (SSSR count). The SMILES string of the molecule is Cc1cc(C)nc(Sc2ccc(NC(=O)c3ccc4c(c3)NC(=O)C(C)S4)cc2)n1. The smallest absolute Gasteiger partial charge is 0.255 e. The summed E-state index contributed by atoms with van der Waals surface area (Å²) in [5, 5.41) is 6.31. The summed E-state index contributed by atoms with van der Waals surface area (Å²) < 4.78 is 0. The molecule has 2 N–H and O–H groups in total. The molecule has 0 spiro atoms. The van der Waals surface area contributed by atoms with Gasteiger partial charge in [-0.1, -0.05) is 0 Å². The zero-order valence-electron chi connectivity index (χ0n) is 16.7. The van der Waals surface area contributed by atoms with Crippen LogP contribution in [0, 0.1) is 13.8 Å². The molecule has 152 valence electrons. The standard InChI is InChI=1S/C22H20N4O2S2/c1-12-10-13(2)24-22(23-12)30-17-7-5-16(6-8-17)25-21(28)15-4-9-19-18(11-15)26-20(27)14(3)29-19/h4-11,14H,1-3H3,(H,25,28)(H,26,27). The molecule has 1 aromatic heterocycles. The van der Waals surface area contributed by atoms with Crippen LogP contribution < -0.4 is 10.6 Å². The van der Waals surface area contributed by atoms with Crippen LogP contribution in [0.15, 0.2) is 63.5 Å². The molecule has 6 nitrogen and oxygen atoms in total. The number of nitrogens with one attached hydrogen (secondary N) is 2. The van der Waals surface area contributed by atoms with Crippen molar-refractivity contribution in [2.45, 2.75) is 41.0 Å². The van der Waals surface area contributed by atoms with Crippen molar-refractivity contribution in [3.63, 3.8) is 0 Å². The largest absolute Gasteiger partial charge is 0.324 e. The van der Waals surface area contributed by atoms with Crippen LogP contribution >= 0.6 is 23.5 Å². The van der Waals surface area contributed by atoms with Gasteiger partial charge in [-0.05, 0) is 81.1 Å². The number of carbonyl (C=O) groups excluding carboxylic acids is 2. The average molecular weight is 437 g/mol. The van der Waals surface area contributed by atoms with E-state index in [1.807, 2.05) is 57.2 Å². The number of carbonyl (C=O) groups is 2. The molecule has 1 unspecified atom stereocenters. The molecule has 0 bridgehead atoms. The van der Waals surface area contributed by atoms with E-state index in [4.69, 9.17) is 0 Å². The van der Waals surface area contributed by atoms with Crippen LogP contribution in [-0.4, -0.2) is 27.0 Å². The monoisotopic (exact) mass is 436 g/mol. The molecule has 8 heteroatoms. The van der Waals surface area contributed by atoms with Gasteiger partial charge in [0.05, 0.1) is 10.9 Å². The molecule has 0 radical (unpaired) electrons. The first kappa shape index (κ1) is 20.4. The Morgan fingerprint density at radius 1 is 1.07 bits per heavy atom. The molecule has 0 saturated heterocycles. The Balaban J connectivity index is 1.44. The number of anilines is 2. The molecular weight excluding hydrogens is 416 g/mol. The van der Waals surface area contributed by atoms with Crippen molar-refractivity contribution in [2.24, 2.45) is 0 Å². The fourth-order valence-corrected chi connectivity index (χ4v) is 4.80. The summed E-state index contributed by atoms with van der Waals surface area (Å²) in [4.78, 5) is 35.4. The third kappa shape index (κ3) is 4.66. The number of nitrogens with zero attached hydrogens (tertiary/aromatic N) is 2. The molecule has 1 aliphatic heterocycles. The van der Waals surface area contributed by atoms with Crippen molar-refractivity contribution in [3.05, 3.63) is 65.5 Å². The molecular formula is C22H20N4O2S2. The number of amides is 2. The highest BCUT2D eigenvalue weighted by Gasteiger charge is 2.23. The summed E-state index contributed by atoms with van der Waals surface area (Å²) in [7, 11) is 0. The van der Waals surface area contributed by atoms with E-state index < -0.39 is 0 Å². The van der Waals surface area contributed by atoms with Gasteiger partial charge in [-0.2, -0.15) is 0 Å². The van der Waals surface area contributed by atoms with E-state index in [1.165, 1.54) is 23.5 Å². The first-order chi connectivity index (χ1) is 14.4. The van der Waals surface area contributed by atoms with Gasteiger partial charge in [0.1, 0.15) is 0 Å². The van der Waals surface area contributed by atoms with Gasteiger partial charge in [0.25, 0.3) is 5.91 Å². The van der Waals surface area contributed by atoms with E-state index in [2.05, 4.69) is 20.6 Å². The van der Waals surface area contributed by atoms with E-state index in [1.54, 1.807) is 12.1 Å². The van der Waals surface area contributed by atoms with E-state index in [0.717, 1.165) is 21.2 Å². The van der Waals surface area contributed by atoms with Gasteiger partial charge in [0, 0.05) is 32.4 Å². The number of hydrogen-bond donors (Lipinski definition) is 2. The van der Waals surface area contributed by atoms with Crippen molar-refractivity contribution >= 4 is 46.7 Å². The molecule has 2 heterocycles. The lowest BCUT2D eigenvalue weighted by atomic mass is 10.1. The quantitative estimate of drug-likeness (QED) is 0.564. The van der Waals surface area contributed by atoms with Gasteiger partial charge < -0.3 is 10.6 Å². The minimum atomic E-state index is -0.228. The Bertz CT molecular complexity index is 1110. The van der Waals surface area contributed by atoms with E-state index >= 15 is 0 Å². The second-order valence-corrected chi connectivity index (χ2v) is 9.40. The fourth-order valence-electron chi connectivity index (χ4n) is 3.00. The number of aromatic nitrogens is 2. The van der Waals surface area contributed by atoms with Gasteiger partial charge in [0.2, 0.25) is 5.91 Å². The van der Waals surface area contributed by atoms with Crippen molar-refractivity contribution in [3.8, 4) is 0 Å². The zero-order valence-corrected chi connectivity index (χ0v) is 18.4. The number of benzene rings is 2. The Kier molecular flexibility index (Phi) is 5.78.